The van der Waals surface area contributed by atoms with Gasteiger partial charge in [-0.15, -0.1) is 5.92 Å². The lowest BCUT2D eigenvalue weighted by Gasteiger charge is -2.02. The van der Waals surface area contributed by atoms with Gasteiger partial charge in [-0.1, -0.05) is 18.9 Å². The van der Waals surface area contributed by atoms with E-state index in [9.17, 15) is 4.39 Å². The number of hydrogen-bond donors (Lipinski definition) is 0. The third-order valence-electron chi connectivity index (χ3n) is 1.79. The molecule has 0 atom stereocenters. The maximum Gasteiger partial charge on any atom is 0.126 e. The van der Waals surface area contributed by atoms with Crippen molar-refractivity contribution in [1.29, 1.82) is 0 Å². The van der Waals surface area contributed by atoms with Crippen molar-refractivity contribution in [3.05, 3.63) is 30.1 Å². The Morgan fingerprint density at radius 1 is 1.27 bits per heavy atom. The van der Waals surface area contributed by atoms with Crippen LogP contribution in [0.5, 0.6) is 5.75 Å². The molecule has 0 aromatic heterocycles. The number of rotatable bonds is 4. The van der Waals surface area contributed by atoms with Gasteiger partial charge in [0.25, 0.3) is 0 Å². The lowest BCUT2D eigenvalue weighted by Crippen LogP contribution is -1.95. The molecule has 80 valence electrons. The van der Waals surface area contributed by atoms with Crippen molar-refractivity contribution in [2.75, 3.05) is 6.61 Å². The summed E-state index contributed by atoms with van der Waals surface area (Å²) in [4.78, 5) is 0. The molecule has 0 aliphatic rings. The van der Waals surface area contributed by atoms with Crippen LogP contribution >= 0.6 is 0 Å². The summed E-state index contributed by atoms with van der Waals surface area (Å²) in [6.07, 6.45) is 2.70. The first-order chi connectivity index (χ1) is 7.33. The maximum absolute atomic E-state index is 12.7. The summed E-state index contributed by atoms with van der Waals surface area (Å²) in [5.74, 6) is 6.32. The highest BCUT2D eigenvalue weighted by atomic mass is 19.1. The molecule has 1 aromatic carbocycles. The van der Waals surface area contributed by atoms with Crippen LogP contribution < -0.4 is 4.74 Å². The quantitative estimate of drug-likeness (QED) is 0.542. The second-order valence-electron chi connectivity index (χ2n) is 3.16. The predicted octanol–water partition coefficient (Wildman–Crippen LogP) is 3.40. The first-order valence-corrected chi connectivity index (χ1v) is 5.17. The Balaban J connectivity index is 2.24. The predicted molar refractivity (Wildman–Crippen MR) is 59.2 cm³/mol. The van der Waals surface area contributed by atoms with Gasteiger partial charge in [-0.25, -0.2) is 4.39 Å². The van der Waals surface area contributed by atoms with Gasteiger partial charge in [0.1, 0.15) is 11.6 Å². The standard InChI is InChI=1S/C13H15FO/c1-2-3-4-5-6-10-15-13-9-7-8-12(14)11-13/h7-9,11H,2-3,6,10H2,1H3. The molecule has 0 heterocycles. The Morgan fingerprint density at radius 3 is 2.80 bits per heavy atom. The number of halogens is 1. The van der Waals surface area contributed by atoms with E-state index >= 15 is 0 Å². The first kappa shape index (κ1) is 11.6. The van der Waals surface area contributed by atoms with Crippen LogP contribution in [0.1, 0.15) is 26.2 Å². The van der Waals surface area contributed by atoms with Crippen LogP contribution in [0.4, 0.5) is 4.39 Å². The van der Waals surface area contributed by atoms with Crippen LogP contribution in [0, 0.1) is 17.7 Å². The van der Waals surface area contributed by atoms with E-state index in [4.69, 9.17) is 4.74 Å². The van der Waals surface area contributed by atoms with E-state index < -0.39 is 0 Å². The molecule has 0 aliphatic carbocycles. The molecule has 1 rings (SSSR count). The van der Waals surface area contributed by atoms with Crippen molar-refractivity contribution < 1.29 is 9.13 Å². The van der Waals surface area contributed by atoms with Gasteiger partial charge < -0.3 is 4.74 Å². The summed E-state index contributed by atoms with van der Waals surface area (Å²) in [6.45, 7) is 2.61. The molecule has 0 N–H and O–H groups in total. The first-order valence-electron chi connectivity index (χ1n) is 5.17. The number of ether oxygens (including phenoxy) is 1. The summed E-state index contributed by atoms with van der Waals surface area (Å²) in [6, 6.07) is 6.14. The molecule has 0 aliphatic heterocycles. The van der Waals surface area contributed by atoms with Crippen LogP contribution in [-0.2, 0) is 0 Å². The van der Waals surface area contributed by atoms with E-state index in [1.54, 1.807) is 12.1 Å². The van der Waals surface area contributed by atoms with Crippen LogP contribution in [-0.4, -0.2) is 6.61 Å². The Kier molecular flexibility index (Phi) is 5.32. The van der Waals surface area contributed by atoms with Gasteiger partial charge in [0.05, 0.1) is 6.61 Å². The minimum Gasteiger partial charge on any atom is -0.492 e. The van der Waals surface area contributed by atoms with Gasteiger partial charge in [-0.05, 0) is 18.6 Å². The normalized spacial score (nSPS) is 9.20. The van der Waals surface area contributed by atoms with Crippen LogP contribution in [0.15, 0.2) is 24.3 Å². The minimum absolute atomic E-state index is 0.274. The van der Waals surface area contributed by atoms with Gasteiger partial charge >= 0.3 is 0 Å². The second kappa shape index (κ2) is 6.89. The fourth-order valence-corrected chi connectivity index (χ4v) is 1.08. The molecule has 0 saturated carbocycles. The third kappa shape index (κ3) is 5.07. The van der Waals surface area contributed by atoms with Crippen LogP contribution in [0.2, 0.25) is 0 Å². The molecule has 1 nitrogen and oxygen atoms in total. The van der Waals surface area contributed by atoms with E-state index in [2.05, 4.69) is 18.8 Å². The van der Waals surface area contributed by atoms with Crippen molar-refractivity contribution in [1.82, 2.24) is 0 Å². The zero-order valence-electron chi connectivity index (χ0n) is 8.92. The highest BCUT2D eigenvalue weighted by Gasteiger charge is 1.93. The fraction of sp³-hybridized carbons (Fsp3) is 0.385. The summed E-state index contributed by atoms with van der Waals surface area (Å²) in [5, 5.41) is 0. The lowest BCUT2D eigenvalue weighted by molar-refractivity contribution is 0.325. The summed E-state index contributed by atoms with van der Waals surface area (Å²) in [7, 11) is 0. The van der Waals surface area contributed by atoms with Crippen molar-refractivity contribution in [2.24, 2.45) is 0 Å². The Labute approximate surface area is 90.3 Å². The average molecular weight is 206 g/mol. The summed E-state index contributed by atoms with van der Waals surface area (Å²) in [5.41, 5.74) is 0. The Hall–Kier alpha value is -1.49. The van der Waals surface area contributed by atoms with E-state index in [1.807, 2.05) is 0 Å². The number of benzene rings is 1. The highest BCUT2D eigenvalue weighted by Crippen LogP contribution is 2.11. The topological polar surface area (TPSA) is 9.23 Å². The van der Waals surface area contributed by atoms with Gasteiger partial charge in [0, 0.05) is 18.9 Å². The van der Waals surface area contributed by atoms with Gasteiger partial charge in [0.15, 0.2) is 0 Å². The summed E-state index contributed by atoms with van der Waals surface area (Å²) < 4.78 is 18.1. The molecule has 0 saturated heterocycles. The van der Waals surface area contributed by atoms with Crippen LogP contribution in [0.25, 0.3) is 0 Å². The lowest BCUT2D eigenvalue weighted by atomic mass is 10.3. The zero-order valence-corrected chi connectivity index (χ0v) is 8.92. The molecule has 1 aromatic rings. The van der Waals surface area contributed by atoms with Crippen molar-refractivity contribution in [2.45, 2.75) is 26.2 Å². The van der Waals surface area contributed by atoms with E-state index in [-0.39, 0.29) is 5.82 Å². The number of hydrogen-bond acceptors (Lipinski definition) is 1. The molecule has 0 radical (unpaired) electrons. The third-order valence-corrected chi connectivity index (χ3v) is 1.79. The van der Waals surface area contributed by atoms with E-state index in [1.165, 1.54) is 12.1 Å². The zero-order chi connectivity index (χ0) is 10.9. The van der Waals surface area contributed by atoms with Gasteiger partial charge in [-0.2, -0.15) is 0 Å². The Bertz CT molecular complexity index is 349. The van der Waals surface area contributed by atoms with Gasteiger partial charge in [0.2, 0.25) is 0 Å². The van der Waals surface area contributed by atoms with Gasteiger partial charge in [-0.3, -0.25) is 0 Å². The van der Waals surface area contributed by atoms with E-state index in [0.29, 0.717) is 18.8 Å². The molecule has 2 heteroatoms. The fourth-order valence-electron chi connectivity index (χ4n) is 1.08. The molecule has 0 amide bonds. The van der Waals surface area contributed by atoms with Crippen molar-refractivity contribution in [3.63, 3.8) is 0 Å². The maximum atomic E-state index is 12.7. The smallest absolute Gasteiger partial charge is 0.126 e. The van der Waals surface area contributed by atoms with Crippen molar-refractivity contribution >= 4 is 0 Å². The molecular formula is C13H15FO. The molecule has 15 heavy (non-hydrogen) atoms. The highest BCUT2D eigenvalue weighted by molar-refractivity contribution is 5.22. The second-order valence-corrected chi connectivity index (χ2v) is 3.16. The largest absolute Gasteiger partial charge is 0.492 e. The molecular weight excluding hydrogens is 191 g/mol. The molecule has 0 unspecified atom stereocenters. The van der Waals surface area contributed by atoms with Crippen LogP contribution in [0.3, 0.4) is 0 Å². The molecule has 0 fully saturated rings. The SMILES string of the molecule is CCCC#CCCOc1cccc(F)c1. The molecule has 0 spiro atoms. The van der Waals surface area contributed by atoms with Crippen molar-refractivity contribution in [3.8, 4) is 17.6 Å². The monoisotopic (exact) mass is 206 g/mol. The average Bonchev–Trinajstić information content (AvgIpc) is 2.23. The molecule has 0 bridgehead atoms. The number of unbranched alkanes of at least 4 members (excludes halogenated alkanes) is 1. The Morgan fingerprint density at radius 2 is 2.07 bits per heavy atom. The minimum atomic E-state index is -0.274. The van der Waals surface area contributed by atoms with E-state index in [0.717, 1.165) is 12.8 Å². The summed E-state index contributed by atoms with van der Waals surface area (Å²) >= 11 is 0.